The summed E-state index contributed by atoms with van der Waals surface area (Å²) in [5.74, 6) is -2.92. The van der Waals surface area contributed by atoms with E-state index in [2.05, 4.69) is 0 Å². The lowest BCUT2D eigenvalue weighted by Crippen LogP contribution is -2.64. The molecule has 7 heteroatoms. The highest BCUT2D eigenvalue weighted by Gasteiger charge is 2.90. The Kier molecular flexibility index (Phi) is 1.61. The zero-order valence-electron chi connectivity index (χ0n) is 9.44. The fourth-order valence-corrected chi connectivity index (χ4v) is 4.21. The Hall–Kier alpha value is -1.27. The van der Waals surface area contributed by atoms with Gasteiger partial charge in [0.1, 0.15) is 0 Å². The second-order valence-corrected chi connectivity index (χ2v) is 6.03. The van der Waals surface area contributed by atoms with E-state index in [0.717, 1.165) is 10.8 Å². The van der Waals surface area contributed by atoms with Gasteiger partial charge < -0.3 is 0 Å². The Morgan fingerprint density at radius 3 is 2.42 bits per heavy atom. The molecule has 0 aliphatic carbocycles. The predicted molar refractivity (Wildman–Crippen MR) is 61.4 cm³/mol. The Balaban J connectivity index is 1.80. The van der Waals surface area contributed by atoms with Gasteiger partial charge in [-0.3, -0.25) is 0 Å². The van der Waals surface area contributed by atoms with Gasteiger partial charge in [-0.25, -0.2) is 18.1 Å². The molecule has 96 valence electrons. The zero-order chi connectivity index (χ0) is 12.7. The first-order valence-electron chi connectivity index (χ1n) is 5.74. The summed E-state index contributed by atoms with van der Waals surface area (Å²) in [5, 5.41) is 1.91. The van der Waals surface area contributed by atoms with Crippen LogP contribution in [0, 0.1) is 0 Å². The maximum absolute atomic E-state index is 11.8. The highest BCUT2D eigenvalue weighted by atomic mass is 31.2. The van der Waals surface area contributed by atoms with Crippen molar-refractivity contribution in [1.82, 2.24) is 0 Å². The summed E-state index contributed by atoms with van der Waals surface area (Å²) >= 11 is 0. The summed E-state index contributed by atoms with van der Waals surface area (Å²) in [7, 11) is -3.52. The molecular formula is C12H7O6P. The predicted octanol–water partition coefficient (Wildman–Crippen LogP) is 2.79. The van der Waals surface area contributed by atoms with E-state index in [-0.39, 0.29) is 0 Å². The number of fused-ring (bicyclic) bond motifs is 1. The lowest BCUT2D eigenvalue weighted by molar-refractivity contribution is -0.676. The molecule has 0 radical (unpaired) electrons. The third kappa shape index (κ3) is 1.02. The van der Waals surface area contributed by atoms with Crippen molar-refractivity contribution in [2.45, 2.75) is 11.8 Å². The molecule has 1 atom stereocenters. The number of rotatable bonds is 1. The molecule has 6 nitrogen and oxygen atoms in total. The molecule has 4 aliphatic heterocycles. The molecule has 1 unspecified atom stereocenters. The minimum absolute atomic E-state index is 0.673. The summed E-state index contributed by atoms with van der Waals surface area (Å²) in [4.78, 5) is 9.94. The van der Waals surface area contributed by atoms with Crippen LogP contribution in [-0.4, -0.2) is 5.97 Å². The molecule has 0 amide bonds. The van der Waals surface area contributed by atoms with Gasteiger partial charge in [-0.05, 0) is 10.8 Å². The highest BCUT2D eigenvalue weighted by molar-refractivity contribution is 7.50. The third-order valence-corrected chi connectivity index (χ3v) is 4.93. The smallest absolute Gasteiger partial charge is 0.237 e. The van der Waals surface area contributed by atoms with Crippen LogP contribution in [0.1, 0.15) is 5.56 Å². The maximum Gasteiger partial charge on any atom is 0.487 e. The van der Waals surface area contributed by atoms with E-state index in [1.54, 1.807) is 0 Å². The van der Waals surface area contributed by atoms with Gasteiger partial charge in [-0.1, -0.05) is 42.5 Å². The van der Waals surface area contributed by atoms with E-state index in [1.807, 2.05) is 42.5 Å². The molecule has 4 saturated heterocycles. The van der Waals surface area contributed by atoms with Crippen LogP contribution in [0.4, 0.5) is 0 Å². The lowest BCUT2D eigenvalue weighted by atomic mass is 9.95. The quantitative estimate of drug-likeness (QED) is 0.590. The normalized spacial score (nSPS) is 42.5. The SMILES string of the molecule is O=P12OC3(OOC3(c3cccc4ccccc34)O1)O2. The van der Waals surface area contributed by atoms with E-state index in [0.29, 0.717) is 5.56 Å². The maximum atomic E-state index is 11.8. The van der Waals surface area contributed by atoms with E-state index in [4.69, 9.17) is 23.3 Å². The number of benzene rings is 2. The third-order valence-electron chi connectivity index (χ3n) is 3.52. The molecule has 4 aliphatic rings. The Labute approximate surface area is 107 Å². The monoisotopic (exact) mass is 278 g/mol. The molecule has 2 bridgehead atoms. The summed E-state index contributed by atoms with van der Waals surface area (Å²) in [6.45, 7) is 0. The first-order chi connectivity index (χ1) is 9.17. The summed E-state index contributed by atoms with van der Waals surface area (Å²) < 4.78 is 27.4. The van der Waals surface area contributed by atoms with Gasteiger partial charge in [0.05, 0.1) is 0 Å². The van der Waals surface area contributed by atoms with Crippen molar-refractivity contribution in [3.63, 3.8) is 0 Å². The topological polar surface area (TPSA) is 63.2 Å². The Morgan fingerprint density at radius 1 is 0.895 bits per heavy atom. The van der Waals surface area contributed by atoms with Crippen LogP contribution in [0.15, 0.2) is 42.5 Å². The van der Waals surface area contributed by atoms with Crippen molar-refractivity contribution in [2.24, 2.45) is 0 Å². The molecule has 2 aromatic rings. The minimum atomic E-state index is -3.52. The molecule has 4 heterocycles. The molecule has 2 aromatic carbocycles. The van der Waals surface area contributed by atoms with Gasteiger partial charge >= 0.3 is 19.6 Å². The summed E-state index contributed by atoms with van der Waals surface area (Å²) in [6, 6.07) is 13.4. The van der Waals surface area contributed by atoms with Crippen LogP contribution < -0.4 is 0 Å². The number of phosphoric acid groups is 1. The van der Waals surface area contributed by atoms with Crippen LogP contribution in [0.2, 0.25) is 0 Å². The van der Waals surface area contributed by atoms with Crippen LogP contribution in [0.25, 0.3) is 10.8 Å². The van der Waals surface area contributed by atoms with Gasteiger partial charge in [0.2, 0.25) is 0 Å². The second-order valence-electron chi connectivity index (χ2n) is 4.59. The van der Waals surface area contributed by atoms with Gasteiger partial charge in [-0.15, -0.1) is 0 Å². The number of hydrogen-bond acceptors (Lipinski definition) is 6. The van der Waals surface area contributed by atoms with E-state index in [9.17, 15) is 4.57 Å². The van der Waals surface area contributed by atoms with Crippen molar-refractivity contribution < 1.29 is 27.9 Å². The van der Waals surface area contributed by atoms with Gasteiger partial charge in [0.25, 0.3) is 0 Å². The number of hydrogen-bond donors (Lipinski definition) is 0. The fraction of sp³-hybridized carbons (Fsp3) is 0.167. The van der Waals surface area contributed by atoms with Crippen LogP contribution in [0.3, 0.4) is 0 Å². The molecule has 6 rings (SSSR count). The minimum Gasteiger partial charge on any atom is -0.237 e. The van der Waals surface area contributed by atoms with Crippen molar-refractivity contribution in [3.8, 4) is 0 Å². The van der Waals surface area contributed by atoms with E-state index in [1.165, 1.54) is 0 Å². The average molecular weight is 278 g/mol. The second kappa shape index (κ2) is 2.91. The summed E-state index contributed by atoms with van der Waals surface area (Å²) in [6.07, 6.45) is 0. The first kappa shape index (κ1) is 10.5. The molecule has 1 spiro atoms. The van der Waals surface area contributed by atoms with E-state index < -0.39 is 19.6 Å². The zero-order valence-corrected chi connectivity index (χ0v) is 10.3. The Bertz CT molecular complexity index is 758. The molecule has 19 heavy (non-hydrogen) atoms. The van der Waals surface area contributed by atoms with Gasteiger partial charge in [0, 0.05) is 5.56 Å². The summed E-state index contributed by atoms with van der Waals surface area (Å²) in [5.41, 5.74) is 0.673. The van der Waals surface area contributed by atoms with Crippen molar-refractivity contribution in [2.75, 3.05) is 0 Å². The highest BCUT2D eigenvalue weighted by Crippen LogP contribution is 2.84. The van der Waals surface area contributed by atoms with Crippen molar-refractivity contribution >= 4 is 18.6 Å². The Morgan fingerprint density at radius 2 is 1.68 bits per heavy atom. The van der Waals surface area contributed by atoms with Gasteiger partial charge in [-0.2, -0.15) is 9.78 Å². The van der Waals surface area contributed by atoms with Crippen molar-refractivity contribution in [3.05, 3.63) is 48.0 Å². The number of phosphoric ester groups is 1. The van der Waals surface area contributed by atoms with Crippen LogP contribution in [0.5, 0.6) is 0 Å². The van der Waals surface area contributed by atoms with Gasteiger partial charge in [0.15, 0.2) is 0 Å². The largest absolute Gasteiger partial charge is 0.487 e. The van der Waals surface area contributed by atoms with Crippen LogP contribution in [-0.2, 0) is 33.7 Å². The van der Waals surface area contributed by atoms with Crippen molar-refractivity contribution in [1.29, 1.82) is 0 Å². The fourth-order valence-electron chi connectivity index (χ4n) is 2.67. The molecule has 0 saturated carbocycles. The lowest BCUT2D eigenvalue weighted by Gasteiger charge is -2.45. The molecule has 4 fully saturated rings. The molecule has 0 N–H and O–H groups in total. The molecule has 0 aromatic heterocycles. The first-order valence-corrected chi connectivity index (χ1v) is 7.20. The van der Waals surface area contributed by atoms with Crippen LogP contribution >= 0.6 is 7.82 Å². The van der Waals surface area contributed by atoms with E-state index >= 15 is 0 Å². The average Bonchev–Trinajstić information content (AvgIpc) is 2.66. The standard InChI is InChI=1S/C12H7O6P/c13-19-16-11(12(17-19,18-19)15-14-11)10-7-3-5-8-4-1-2-6-9(8)10/h1-7H. The molecular weight excluding hydrogens is 271 g/mol.